The van der Waals surface area contributed by atoms with Gasteiger partial charge in [0.1, 0.15) is 0 Å². The molecule has 148 valence electrons. The van der Waals surface area contributed by atoms with Gasteiger partial charge in [0.05, 0.1) is 0 Å². The number of ether oxygens (including phenoxy) is 2. The molecule has 0 saturated carbocycles. The molecule has 0 atom stereocenters. The number of aliphatic hydroxyl groups is 2. The molecule has 0 aliphatic rings. The van der Waals surface area contributed by atoms with Gasteiger partial charge in [-0.2, -0.15) is 0 Å². The summed E-state index contributed by atoms with van der Waals surface area (Å²) in [5, 5.41) is 16.0. The third-order valence-corrected chi connectivity index (χ3v) is 1.09. The van der Waals surface area contributed by atoms with Gasteiger partial charge >= 0.3 is 11.9 Å². The Balaban J connectivity index is -0.0000000153. The Labute approximate surface area is 187 Å². The first-order chi connectivity index (χ1) is 7.36. The fourth-order valence-corrected chi connectivity index (χ4v) is 0.364. The summed E-state index contributed by atoms with van der Waals surface area (Å²) in [6, 6.07) is 0. The largest absolute Gasteiger partial charge is 0.435 e. The van der Waals surface area contributed by atoms with Gasteiger partial charge < -0.3 is 19.7 Å². The van der Waals surface area contributed by atoms with Crippen molar-refractivity contribution in [3.63, 3.8) is 0 Å². The van der Waals surface area contributed by atoms with Crippen molar-refractivity contribution in [2.45, 2.75) is 58.4 Å². The van der Waals surface area contributed by atoms with Crippen molar-refractivity contribution >= 4 is 11.9 Å². The quantitative estimate of drug-likeness (QED) is 0.369. The van der Waals surface area contributed by atoms with E-state index in [0.717, 1.165) is 0 Å². The van der Waals surface area contributed by atoms with E-state index in [2.05, 4.69) is 22.6 Å². The van der Waals surface area contributed by atoms with Gasteiger partial charge in [0.25, 0.3) is 0 Å². The number of hydrogen-bond acceptors (Lipinski definition) is 6. The summed E-state index contributed by atoms with van der Waals surface area (Å²) in [5.74, 6) is -1.12. The SMILES string of the molecule is C.C.C.C.C.C.C=C(C)C(=O)OCO.C=C(C)C(=O)OCO.[V].[Y]. The van der Waals surface area contributed by atoms with E-state index < -0.39 is 25.5 Å². The minimum absolute atomic E-state index is 0. The second kappa shape index (κ2) is 43.5. The molecule has 0 aromatic carbocycles. The third kappa shape index (κ3) is 49.5. The third-order valence-electron chi connectivity index (χ3n) is 1.09. The number of carbonyl (C=O) groups is 2. The maximum Gasteiger partial charge on any atom is 0.335 e. The zero-order valence-corrected chi connectivity index (χ0v) is 14.6. The summed E-state index contributed by atoms with van der Waals surface area (Å²) in [4.78, 5) is 20.5. The Morgan fingerprint density at radius 1 is 0.750 bits per heavy atom. The number of aliphatic hydroxyl groups excluding tert-OH is 2. The normalized spacial score (nSPS) is 5.50. The van der Waals surface area contributed by atoms with Crippen LogP contribution in [0.15, 0.2) is 24.3 Å². The minimum Gasteiger partial charge on any atom is -0.435 e. The van der Waals surface area contributed by atoms with Gasteiger partial charge in [0.15, 0.2) is 13.6 Å². The Kier molecular flexibility index (Phi) is 117. The molecule has 0 amide bonds. The topological polar surface area (TPSA) is 93.1 Å². The Morgan fingerprint density at radius 2 is 0.917 bits per heavy atom. The second-order valence-electron chi connectivity index (χ2n) is 2.68. The van der Waals surface area contributed by atoms with E-state index in [4.69, 9.17) is 10.2 Å². The molecular weight excluding hydrogens is 428 g/mol. The number of carbonyl (C=O) groups excluding carboxylic acids is 2. The molecular formula is C16H40O6VY. The molecule has 0 unspecified atom stereocenters. The van der Waals surface area contributed by atoms with Crippen molar-refractivity contribution in [1.29, 1.82) is 0 Å². The molecule has 0 spiro atoms. The molecule has 0 heterocycles. The summed E-state index contributed by atoms with van der Waals surface area (Å²) in [5.41, 5.74) is 0.582. The van der Waals surface area contributed by atoms with E-state index >= 15 is 0 Å². The molecule has 0 aliphatic heterocycles. The Hall–Kier alpha value is 0.0283. The van der Waals surface area contributed by atoms with E-state index in [1.165, 1.54) is 13.8 Å². The zero-order chi connectivity index (χ0) is 13.1. The summed E-state index contributed by atoms with van der Waals surface area (Å²) in [7, 11) is 0. The molecule has 24 heavy (non-hydrogen) atoms. The number of rotatable bonds is 4. The van der Waals surface area contributed by atoms with E-state index in [9.17, 15) is 9.59 Å². The first kappa shape index (κ1) is 64.7. The maximum absolute atomic E-state index is 10.3. The van der Waals surface area contributed by atoms with Gasteiger partial charge in [-0.25, -0.2) is 9.59 Å². The van der Waals surface area contributed by atoms with Crippen LogP contribution in [0.3, 0.4) is 0 Å². The molecule has 0 aromatic heterocycles. The van der Waals surface area contributed by atoms with Crippen LogP contribution < -0.4 is 0 Å². The molecule has 6 nitrogen and oxygen atoms in total. The van der Waals surface area contributed by atoms with E-state index in [-0.39, 0.29) is 95.8 Å². The van der Waals surface area contributed by atoms with Gasteiger partial charge in [-0.05, 0) is 13.8 Å². The monoisotopic (exact) mass is 468 g/mol. The Bertz CT molecular complexity index is 256. The molecule has 0 rings (SSSR count). The average molecular weight is 468 g/mol. The minimum atomic E-state index is -0.578. The molecule has 0 aliphatic carbocycles. The van der Waals surface area contributed by atoms with E-state index in [1.54, 1.807) is 0 Å². The van der Waals surface area contributed by atoms with Gasteiger partial charge in [-0.3, -0.25) is 0 Å². The average Bonchev–Trinajstić information content (AvgIpc) is 2.19. The summed E-state index contributed by atoms with van der Waals surface area (Å²) >= 11 is 0. The molecule has 0 fully saturated rings. The molecule has 0 aromatic rings. The van der Waals surface area contributed by atoms with Gasteiger partial charge in [0, 0.05) is 62.4 Å². The molecule has 2 radical (unpaired) electrons. The fraction of sp³-hybridized carbons (Fsp3) is 0.625. The Morgan fingerprint density at radius 3 is 0.958 bits per heavy atom. The van der Waals surface area contributed by atoms with Gasteiger partial charge in [-0.15, -0.1) is 0 Å². The van der Waals surface area contributed by atoms with Crippen LogP contribution in [0, 0.1) is 0 Å². The number of esters is 2. The van der Waals surface area contributed by atoms with Crippen LogP contribution in [0.1, 0.15) is 58.4 Å². The first-order valence-electron chi connectivity index (χ1n) is 4.23. The van der Waals surface area contributed by atoms with E-state index in [1.807, 2.05) is 0 Å². The van der Waals surface area contributed by atoms with Crippen molar-refractivity contribution in [2.75, 3.05) is 13.6 Å². The first-order valence-corrected chi connectivity index (χ1v) is 4.23. The van der Waals surface area contributed by atoms with Crippen molar-refractivity contribution in [3.8, 4) is 0 Å². The van der Waals surface area contributed by atoms with Crippen LogP contribution in [-0.4, -0.2) is 35.7 Å². The smallest absolute Gasteiger partial charge is 0.335 e. The van der Waals surface area contributed by atoms with Crippen LogP contribution in [0.2, 0.25) is 0 Å². The molecule has 8 heteroatoms. The number of hydrogen-bond donors (Lipinski definition) is 2. The summed E-state index contributed by atoms with van der Waals surface area (Å²) < 4.78 is 8.24. The standard InChI is InChI=1S/2C5H8O3.6CH4.V.Y/c2*1-4(2)5(7)8-3-6;;;;;;;;/h2*6H,1,3H2,2H3;6*1H4;;. The van der Waals surface area contributed by atoms with Crippen LogP contribution in [-0.2, 0) is 70.3 Å². The van der Waals surface area contributed by atoms with Gasteiger partial charge in [0.2, 0.25) is 0 Å². The van der Waals surface area contributed by atoms with Crippen LogP contribution in [0.5, 0.6) is 0 Å². The van der Waals surface area contributed by atoms with Gasteiger partial charge in [-0.1, -0.05) is 57.7 Å². The molecule has 0 saturated heterocycles. The second-order valence-corrected chi connectivity index (χ2v) is 2.68. The summed E-state index contributed by atoms with van der Waals surface area (Å²) in [6.45, 7) is 8.44. The van der Waals surface area contributed by atoms with Crippen molar-refractivity contribution < 1.29 is 80.5 Å². The summed E-state index contributed by atoms with van der Waals surface area (Å²) in [6.07, 6.45) is 0. The predicted molar refractivity (Wildman–Crippen MR) is 96.4 cm³/mol. The van der Waals surface area contributed by atoms with E-state index in [0.29, 0.717) is 11.1 Å². The van der Waals surface area contributed by atoms with Crippen LogP contribution in [0.25, 0.3) is 0 Å². The predicted octanol–water partition coefficient (Wildman–Crippen LogP) is 3.92. The molecule has 2 N–H and O–H groups in total. The maximum atomic E-state index is 10.3. The van der Waals surface area contributed by atoms with Crippen molar-refractivity contribution in [1.82, 2.24) is 0 Å². The van der Waals surface area contributed by atoms with Crippen LogP contribution >= 0.6 is 0 Å². The van der Waals surface area contributed by atoms with Crippen molar-refractivity contribution in [2.24, 2.45) is 0 Å². The van der Waals surface area contributed by atoms with Crippen molar-refractivity contribution in [3.05, 3.63) is 24.3 Å². The molecule has 0 bridgehead atoms. The zero-order valence-electron chi connectivity index (χ0n) is 10.4. The fourth-order valence-electron chi connectivity index (χ4n) is 0.364. The van der Waals surface area contributed by atoms with Crippen LogP contribution in [0.4, 0.5) is 0 Å².